The molecule has 0 fully saturated rings. The largest absolute Gasteiger partial charge is 0.351 e. The SMILES string of the molecule is CCCCN(CCCC)c1nonc1N=Nc1cnon1. The van der Waals surface area contributed by atoms with E-state index in [-0.39, 0.29) is 5.82 Å². The summed E-state index contributed by atoms with van der Waals surface area (Å²) in [7, 11) is 0. The number of unbranched alkanes of at least 4 members (excludes halogenated alkanes) is 2. The van der Waals surface area contributed by atoms with Gasteiger partial charge < -0.3 is 4.90 Å². The van der Waals surface area contributed by atoms with Gasteiger partial charge in [0.2, 0.25) is 11.6 Å². The van der Waals surface area contributed by atoms with Gasteiger partial charge in [-0.1, -0.05) is 31.8 Å². The van der Waals surface area contributed by atoms with E-state index in [1.54, 1.807) is 0 Å². The van der Waals surface area contributed by atoms with Crippen LogP contribution in [0.1, 0.15) is 39.5 Å². The summed E-state index contributed by atoms with van der Waals surface area (Å²) in [5, 5.41) is 22.6. The molecule has 0 amide bonds. The molecule has 2 heterocycles. The second-order valence-electron chi connectivity index (χ2n) is 4.57. The molecule has 0 unspecified atom stereocenters. The van der Waals surface area contributed by atoms with Gasteiger partial charge in [-0.15, -0.1) is 10.2 Å². The molecule has 0 aliphatic carbocycles. The summed E-state index contributed by atoms with van der Waals surface area (Å²) in [5.74, 6) is 1.22. The zero-order valence-electron chi connectivity index (χ0n) is 12.3. The molecule has 0 radical (unpaired) electrons. The fourth-order valence-electron chi connectivity index (χ4n) is 1.77. The van der Waals surface area contributed by atoms with Crippen LogP contribution in [0.5, 0.6) is 0 Å². The van der Waals surface area contributed by atoms with E-state index in [9.17, 15) is 0 Å². The third-order valence-electron chi connectivity index (χ3n) is 2.91. The monoisotopic (exact) mass is 293 g/mol. The lowest BCUT2D eigenvalue weighted by molar-refractivity contribution is 0.307. The van der Waals surface area contributed by atoms with E-state index in [1.807, 2.05) is 0 Å². The van der Waals surface area contributed by atoms with Crippen LogP contribution >= 0.6 is 0 Å². The van der Waals surface area contributed by atoms with Gasteiger partial charge in [0.25, 0.3) is 5.82 Å². The summed E-state index contributed by atoms with van der Waals surface area (Å²) < 4.78 is 9.25. The Balaban J connectivity index is 2.11. The molecule has 0 saturated carbocycles. The van der Waals surface area contributed by atoms with E-state index in [4.69, 9.17) is 4.63 Å². The topological polar surface area (TPSA) is 106 Å². The summed E-state index contributed by atoms with van der Waals surface area (Å²) in [6.07, 6.45) is 5.72. The number of aromatic nitrogens is 4. The second kappa shape index (κ2) is 8.08. The molecule has 2 rings (SSSR count). The molecule has 0 spiro atoms. The van der Waals surface area contributed by atoms with Crippen molar-refractivity contribution in [3.05, 3.63) is 6.20 Å². The molecule has 2 aromatic rings. The number of hydrogen-bond acceptors (Lipinski definition) is 9. The number of hydrogen-bond donors (Lipinski definition) is 0. The van der Waals surface area contributed by atoms with Crippen LogP contribution in [-0.4, -0.2) is 33.7 Å². The molecule has 114 valence electrons. The highest BCUT2D eigenvalue weighted by Crippen LogP contribution is 2.26. The van der Waals surface area contributed by atoms with Gasteiger partial charge in [0.05, 0.1) is 0 Å². The van der Waals surface area contributed by atoms with Gasteiger partial charge >= 0.3 is 0 Å². The first-order valence-electron chi connectivity index (χ1n) is 7.12. The first-order valence-corrected chi connectivity index (χ1v) is 7.12. The second-order valence-corrected chi connectivity index (χ2v) is 4.57. The first-order chi connectivity index (χ1) is 10.3. The van der Waals surface area contributed by atoms with Crippen molar-refractivity contribution in [3.8, 4) is 0 Å². The fraction of sp³-hybridized carbons (Fsp3) is 0.667. The van der Waals surface area contributed by atoms with E-state index in [2.05, 4.69) is 54.2 Å². The molecular weight excluding hydrogens is 274 g/mol. The normalized spacial score (nSPS) is 11.3. The van der Waals surface area contributed by atoms with Crippen molar-refractivity contribution in [2.24, 2.45) is 10.2 Å². The van der Waals surface area contributed by atoms with E-state index in [0.29, 0.717) is 11.6 Å². The van der Waals surface area contributed by atoms with Crippen molar-refractivity contribution in [3.63, 3.8) is 0 Å². The molecule has 9 heteroatoms. The number of azo groups is 1. The Morgan fingerprint density at radius 3 is 2.38 bits per heavy atom. The van der Waals surface area contributed by atoms with Crippen LogP contribution in [0.25, 0.3) is 0 Å². The molecule has 0 aliphatic heterocycles. The zero-order valence-corrected chi connectivity index (χ0v) is 12.3. The van der Waals surface area contributed by atoms with Crippen molar-refractivity contribution < 1.29 is 9.26 Å². The van der Waals surface area contributed by atoms with E-state index < -0.39 is 0 Å². The number of nitrogens with zero attached hydrogens (tertiary/aromatic N) is 7. The van der Waals surface area contributed by atoms with Gasteiger partial charge in [0, 0.05) is 13.1 Å². The summed E-state index contributed by atoms with van der Waals surface area (Å²) in [6, 6.07) is 0. The Bertz CT molecular complexity index is 530. The maximum atomic E-state index is 4.80. The van der Waals surface area contributed by atoms with Crippen LogP contribution < -0.4 is 4.90 Å². The van der Waals surface area contributed by atoms with Crippen molar-refractivity contribution >= 4 is 17.5 Å². The van der Waals surface area contributed by atoms with E-state index >= 15 is 0 Å². The average Bonchev–Trinajstić information content (AvgIpc) is 3.16. The molecule has 0 aromatic carbocycles. The molecule has 21 heavy (non-hydrogen) atoms. The maximum Gasteiger partial charge on any atom is 0.261 e. The average molecular weight is 293 g/mol. The van der Waals surface area contributed by atoms with Crippen molar-refractivity contribution in [1.82, 2.24) is 20.6 Å². The van der Waals surface area contributed by atoms with E-state index in [0.717, 1.165) is 38.8 Å². The van der Waals surface area contributed by atoms with Crippen LogP contribution in [-0.2, 0) is 0 Å². The predicted molar refractivity (Wildman–Crippen MR) is 74.8 cm³/mol. The smallest absolute Gasteiger partial charge is 0.261 e. The van der Waals surface area contributed by atoms with Crippen LogP contribution in [0, 0.1) is 0 Å². The lowest BCUT2D eigenvalue weighted by Crippen LogP contribution is -2.26. The molecular formula is C12H19N7O2. The molecule has 0 N–H and O–H groups in total. The Morgan fingerprint density at radius 1 is 1.00 bits per heavy atom. The minimum absolute atomic E-state index is 0.276. The Morgan fingerprint density at radius 2 is 1.76 bits per heavy atom. The quantitative estimate of drug-likeness (QED) is 0.653. The summed E-state index contributed by atoms with van der Waals surface area (Å²) in [4.78, 5) is 2.12. The third kappa shape index (κ3) is 4.33. The van der Waals surface area contributed by atoms with Gasteiger partial charge in [0.1, 0.15) is 6.20 Å². The Kier molecular flexibility index (Phi) is 5.80. The minimum Gasteiger partial charge on any atom is -0.351 e. The summed E-state index contributed by atoms with van der Waals surface area (Å²) in [5.41, 5.74) is 0. The highest BCUT2D eigenvalue weighted by atomic mass is 16.6. The molecule has 0 aliphatic rings. The van der Waals surface area contributed by atoms with Crippen molar-refractivity contribution in [2.75, 3.05) is 18.0 Å². The van der Waals surface area contributed by atoms with Crippen molar-refractivity contribution in [1.29, 1.82) is 0 Å². The summed E-state index contributed by atoms with van der Waals surface area (Å²) in [6.45, 7) is 6.08. The number of rotatable bonds is 9. The molecule has 0 atom stereocenters. The van der Waals surface area contributed by atoms with E-state index in [1.165, 1.54) is 6.20 Å². The van der Waals surface area contributed by atoms with Gasteiger partial charge in [-0.2, -0.15) is 0 Å². The highest BCUT2D eigenvalue weighted by molar-refractivity contribution is 5.55. The van der Waals surface area contributed by atoms with Crippen molar-refractivity contribution in [2.45, 2.75) is 39.5 Å². The summed E-state index contributed by atoms with van der Waals surface area (Å²) >= 11 is 0. The first kappa shape index (κ1) is 15.1. The molecule has 0 bridgehead atoms. The predicted octanol–water partition coefficient (Wildman–Crippen LogP) is 3.27. The van der Waals surface area contributed by atoms with Crippen LogP contribution in [0.2, 0.25) is 0 Å². The maximum absolute atomic E-state index is 4.80. The lowest BCUT2D eigenvalue weighted by Gasteiger charge is -2.20. The molecule has 2 aromatic heterocycles. The highest BCUT2D eigenvalue weighted by Gasteiger charge is 2.17. The molecule has 0 saturated heterocycles. The Hall–Kier alpha value is -2.32. The third-order valence-corrected chi connectivity index (χ3v) is 2.91. The lowest BCUT2D eigenvalue weighted by atomic mass is 10.2. The van der Waals surface area contributed by atoms with Gasteiger partial charge in [-0.25, -0.2) is 9.26 Å². The van der Waals surface area contributed by atoms with Gasteiger partial charge in [-0.3, -0.25) is 0 Å². The zero-order chi connectivity index (χ0) is 14.9. The van der Waals surface area contributed by atoms with Crippen LogP contribution in [0.15, 0.2) is 25.7 Å². The number of anilines is 1. The standard InChI is InChI=1S/C12H19N7O2/c1-3-5-7-19(8-6-4-2)12-11(17-21-18-12)15-14-10-9-13-20-16-10/h9H,3-8H2,1-2H3. The van der Waals surface area contributed by atoms with Crippen LogP contribution in [0.3, 0.4) is 0 Å². The van der Waals surface area contributed by atoms with Gasteiger partial charge in [0.15, 0.2) is 0 Å². The van der Waals surface area contributed by atoms with Gasteiger partial charge in [-0.05, 0) is 28.3 Å². The molecule has 9 nitrogen and oxygen atoms in total. The van der Waals surface area contributed by atoms with Crippen LogP contribution in [0.4, 0.5) is 17.5 Å². The fourth-order valence-corrected chi connectivity index (χ4v) is 1.77. The Labute approximate surface area is 122 Å². The minimum atomic E-state index is 0.276.